The summed E-state index contributed by atoms with van der Waals surface area (Å²) in [6.45, 7) is 8.13. The molecule has 1 amide bonds. The summed E-state index contributed by atoms with van der Waals surface area (Å²) in [4.78, 5) is 53.3. The number of carbonyl (C=O) groups excluding carboxylic acids is 2. The van der Waals surface area contributed by atoms with E-state index in [1.807, 2.05) is 30.9 Å². The molecule has 0 bridgehead atoms. The summed E-state index contributed by atoms with van der Waals surface area (Å²) in [5, 5.41) is 0.195. The number of aryl methyl sites for hydroxylation is 2. The van der Waals surface area contributed by atoms with E-state index in [2.05, 4.69) is 9.97 Å². The quantitative estimate of drug-likeness (QED) is 0.0942. The Morgan fingerprint density at radius 1 is 0.895 bits per heavy atom. The molecule has 0 saturated carbocycles. The average molecular weight is 790 g/mol. The highest BCUT2D eigenvalue weighted by Crippen LogP contribution is 2.32. The SMILES string of the molecule is CC(C)OC(=O)C(C)(C)N1CCC(N(Cc2ccc(-c3ccc(C(F)(F)F)cc3)cc2)C(=O)Cn2c(CCc3cccc(F)c3F)nc(=O)c3cccnc32)CC1. The van der Waals surface area contributed by atoms with Crippen molar-refractivity contribution < 1.29 is 36.3 Å². The lowest BCUT2D eigenvalue weighted by Crippen LogP contribution is -2.57. The molecule has 0 unspecified atom stereocenters. The fraction of sp³-hybridized carbons (Fsp3) is 0.372. The number of aromatic nitrogens is 3. The van der Waals surface area contributed by atoms with Gasteiger partial charge in [0.05, 0.1) is 17.1 Å². The van der Waals surface area contributed by atoms with Crippen LogP contribution in [0.4, 0.5) is 22.0 Å². The maximum absolute atomic E-state index is 14.7. The molecule has 3 aromatic carbocycles. The van der Waals surface area contributed by atoms with Crippen LogP contribution in [0.1, 0.15) is 63.1 Å². The second-order valence-corrected chi connectivity index (χ2v) is 15.0. The number of fused-ring (bicyclic) bond motifs is 1. The molecular weight excluding hydrogens is 745 g/mol. The van der Waals surface area contributed by atoms with Crippen molar-refractivity contribution in [3.8, 4) is 11.1 Å². The van der Waals surface area contributed by atoms with Crippen LogP contribution >= 0.6 is 0 Å². The Hall–Kier alpha value is -5.50. The van der Waals surface area contributed by atoms with Gasteiger partial charge in [-0.1, -0.05) is 48.5 Å². The zero-order valence-electron chi connectivity index (χ0n) is 32.2. The smallest absolute Gasteiger partial charge is 0.416 e. The highest BCUT2D eigenvalue weighted by atomic mass is 19.4. The fourth-order valence-electron chi connectivity index (χ4n) is 7.21. The van der Waals surface area contributed by atoms with Crippen LogP contribution in [0.5, 0.6) is 0 Å². The first-order chi connectivity index (χ1) is 27.0. The first-order valence-electron chi connectivity index (χ1n) is 18.8. The van der Waals surface area contributed by atoms with Gasteiger partial charge in [-0.2, -0.15) is 18.2 Å². The van der Waals surface area contributed by atoms with E-state index in [9.17, 15) is 36.3 Å². The van der Waals surface area contributed by atoms with Gasteiger partial charge in [0.1, 0.15) is 23.6 Å². The number of likely N-dealkylation sites (tertiary alicyclic amines) is 1. The number of piperidine rings is 1. The van der Waals surface area contributed by atoms with E-state index in [0.29, 0.717) is 37.1 Å². The number of esters is 1. The average Bonchev–Trinajstić information content (AvgIpc) is 3.18. The molecule has 0 atom stereocenters. The molecule has 9 nitrogen and oxygen atoms in total. The minimum Gasteiger partial charge on any atom is -0.462 e. The molecule has 300 valence electrons. The van der Waals surface area contributed by atoms with Gasteiger partial charge in [0.15, 0.2) is 11.6 Å². The van der Waals surface area contributed by atoms with Crippen LogP contribution in [-0.2, 0) is 46.4 Å². The molecule has 1 aliphatic heterocycles. The molecule has 57 heavy (non-hydrogen) atoms. The number of amides is 1. The van der Waals surface area contributed by atoms with E-state index in [4.69, 9.17) is 4.74 Å². The molecule has 5 aromatic rings. The number of carbonyl (C=O) groups is 2. The van der Waals surface area contributed by atoms with E-state index in [-0.39, 0.29) is 72.4 Å². The third-order valence-electron chi connectivity index (χ3n) is 10.5. The summed E-state index contributed by atoms with van der Waals surface area (Å²) in [7, 11) is 0. The first-order valence-corrected chi connectivity index (χ1v) is 18.8. The molecule has 3 heterocycles. The molecule has 0 radical (unpaired) electrons. The maximum Gasteiger partial charge on any atom is 0.416 e. The molecule has 0 N–H and O–H groups in total. The second kappa shape index (κ2) is 16.9. The number of halogens is 5. The van der Waals surface area contributed by atoms with E-state index < -0.39 is 34.5 Å². The Morgan fingerprint density at radius 3 is 2.18 bits per heavy atom. The van der Waals surface area contributed by atoms with Crippen LogP contribution in [-0.4, -0.2) is 67.0 Å². The molecule has 1 saturated heterocycles. The van der Waals surface area contributed by atoms with Gasteiger partial charge in [0, 0.05) is 38.3 Å². The Bertz CT molecular complexity index is 2280. The molecule has 0 spiro atoms. The molecule has 2 aromatic heterocycles. The predicted octanol–water partition coefficient (Wildman–Crippen LogP) is 7.76. The molecule has 1 fully saturated rings. The summed E-state index contributed by atoms with van der Waals surface area (Å²) >= 11 is 0. The zero-order valence-corrected chi connectivity index (χ0v) is 32.2. The number of hydrogen-bond donors (Lipinski definition) is 0. The lowest BCUT2D eigenvalue weighted by atomic mass is 9.95. The maximum atomic E-state index is 14.7. The van der Waals surface area contributed by atoms with E-state index in [1.165, 1.54) is 30.5 Å². The predicted molar refractivity (Wildman–Crippen MR) is 205 cm³/mol. The normalized spacial score (nSPS) is 14.3. The minimum atomic E-state index is -4.45. The Kier molecular flexibility index (Phi) is 12.2. The summed E-state index contributed by atoms with van der Waals surface area (Å²) in [6, 6.07) is 18.9. The van der Waals surface area contributed by atoms with Gasteiger partial charge in [-0.05, 0) is 99.5 Å². The lowest BCUT2D eigenvalue weighted by molar-refractivity contribution is -0.162. The van der Waals surface area contributed by atoms with Crippen molar-refractivity contribution in [3.05, 3.63) is 130 Å². The van der Waals surface area contributed by atoms with E-state index in [0.717, 1.165) is 23.8 Å². The lowest BCUT2D eigenvalue weighted by Gasteiger charge is -2.44. The first kappa shape index (κ1) is 41.1. The van der Waals surface area contributed by atoms with Gasteiger partial charge in [-0.15, -0.1) is 0 Å². The van der Waals surface area contributed by atoms with E-state index in [1.54, 1.807) is 47.6 Å². The highest BCUT2D eigenvalue weighted by molar-refractivity contribution is 5.81. The molecule has 0 aliphatic carbocycles. The summed E-state index contributed by atoms with van der Waals surface area (Å²) < 4.78 is 75.3. The Balaban J connectivity index is 1.30. The summed E-state index contributed by atoms with van der Waals surface area (Å²) in [6.07, 6.45) is -2.15. The van der Waals surface area contributed by atoms with Crippen molar-refractivity contribution in [3.63, 3.8) is 0 Å². The number of benzene rings is 3. The molecule has 6 rings (SSSR count). The van der Waals surface area contributed by atoms with Crippen molar-refractivity contribution in [2.24, 2.45) is 0 Å². The Labute approximate surface area is 327 Å². The van der Waals surface area contributed by atoms with Gasteiger partial charge >= 0.3 is 12.1 Å². The summed E-state index contributed by atoms with van der Waals surface area (Å²) in [5.41, 5.74) is 0.180. The van der Waals surface area contributed by atoms with Gasteiger partial charge in [-0.3, -0.25) is 19.3 Å². The number of alkyl halides is 3. The topological polar surface area (TPSA) is 97.6 Å². The molecule has 1 aliphatic rings. The monoisotopic (exact) mass is 789 g/mol. The standard InChI is InChI=1S/C43H44F5N5O4/c1-27(2)57-41(56)42(3,4)51-23-20-33(21-24-51)52(25-28-10-12-29(13-11-28)30-14-17-32(18-15-30)43(46,47)48)37(54)26-53-36(19-16-31-7-5-9-35(44)38(31)45)50-40(55)34-8-6-22-49-39(34)53/h5-15,17-18,22,27,33H,16,19-21,23-26H2,1-4H3. The van der Waals surface area contributed by atoms with Gasteiger partial charge < -0.3 is 14.2 Å². The van der Waals surface area contributed by atoms with Crippen molar-refractivity contribution >= 4 is 22.9 Å². The van der Waals surface area contributed by atoms with Crippen molar-refractivity contribution in [2.45, 2.75) is 90.3 Å². The number of pyridine rings is 1. The largest absolute Gasteiger partial charge is 0.462 e. The summed E-state index contributed by atoms with van der Waals surface area (Å²) in [5.74, 6) is -2.46. The van der Waals surface area contributed by atoms with Crippen molar-refractivity contribution in [1.29, 1.82) is 0 Å². The number of rotatable bonds is 12. The number of nitrogens with zero attached hydrogens (tertiary/aromatic N) is 5. The fourth-order valence-corrected chi connectivity index (χ4v) is 7.21. The second-order valence-electron chi connectivity index (χ2n) is 15.0. The van der Waals surface area contributed by atoms with Crippen molar-refractivity contribution in [2.75, 3.05) is 13.1 Å². The third-order valence-corrected chi connectivity index (χ3v) is 10.5. The van der Waals surface area contributed by atoms with Crippen molar-refractivity contribution in [1.82, 2.24) is 24.3 Å². The van der Waals surface area contributed by atoms with Crippen LogP contribution in [0.15, 0.2) is 89.9 Å². The van der Waals surface area contributed by atoms with Crippen LogP contribution in [0.3, 0.4) is 0 Å². The zero-order chi connectivity index (χ0) is 41.1. The third kappa shape index (κ3) is 9.39. The highest BCUT2D eigenvalue weighted by Gasteiger charge is 2.40. The number of hydrogen-bond acceptors (Lipinski definition) is 7. The van der Waals surface area contributed by atoms with Crippen LogP contribution in [0.25, 0.3) is 22.2 Å². The Morgan fingerprint density at radius 2 is 1.54 bits per heavy atom. The van der Waals surface area contributed by atoms with E-state index >= 15 is 0 Å². The van der Waals surface area contributed by atoms with Crippen LogP contribution < -0.4 is 5.56 Å². The minimum absolute atomic E-state index is 0.00501. The van der Waals surface area contributed by atoms with Crippen LogP contribution in [0, 0.1) is 11.6 Å². The van der Waals surface area contributed by atoms with Gasteiger partial charge in [0.25, 0.3) is 5.56 Å². The molecular formula is C43H44F5N5O4. The van der Waals surface area contributed by atoms with Gasteiger partial charge in [-0.25, -0.2) is 13.8 Å². The van der Waals surface area contributed by atoms with Gasteiger partial charge in [0.2, 0.25) is 5.91 Å². The van der Waals surface area contributed by atoms with Crippen LogP contribution in [0.2, 0.25) is 0 Å². The number of ether oxygens (including phenoxy) is 1. The molecule has 14 heteroatoms.